The number of allylic oxidation sites excluding steroid dienone is 1. The minimum atomic E-state index is -0.00674. The number of benzene rings is 2. The number of carbonyl (C=O) groups is 1. The Morgan fingerprint density at radius 1 is 1.19 bits per heavy atom. The van der Waals surface area contributed by atoms with Crippen LogP contribution in [0.15, 0.2) is 55.1 Å². The Labute approximate surface area is 188 Å². The summed E-state index contributed by atoms with van der Waals surface area (Å²) < 4.78 is 12.9. The molecule has 1 aromatic heterocycles. The number of nitrogens with one attached hydrogen (secondary N) is 1. The number of imidazole rings is 1. The van der Waals surface area contributed by atoms with Crippen molar-refractivity contribution in [1.82, 2.24) is 14.9 Å². The summed E-state index contributed by atoms with van der Waals surface area (Å²) in [5.41, 5.74) is 3.02. The second kappa shape index (κ2) is 9.77. The second-order valence-electron chi connectivity index (χ2n) is 7.96. The predicted molar refractivity (Wildman–Crippen MR) is 126 cm³/mol. The van der Waals surface area contributed by atoms with Crippen molar-refractivity contribution in [2.24, 2.45) is 5.92 Å². The summed E-state index contributed by atoms with van der Waals surface area (Å²) in [6, 6.07) is 13.8. The van der Waals surface area contributed by atoms with Crippen LogP contribution in [0.2, 0.25) is 0 Å². The lowest BCUT2D eigenvalue weighted by molar-refractivity contribution is -0.125. The lowest BCUT2D eigenvalue weighted by Gasteiger charge is -2.32. The maximum atomic E-state index is 12.8. The molecule has 1 aliphatic heterocycles. The monoisotopic (exact) mass is 434 g/mol. The van der Waals surface area contributed by atoms with E-state index in [9.17, 15) is 4.79 Å². The summed E-state index contributed by atoms with van der Waals surface area (Å²) in [7, 11) is 3.24. The summed E-state index contributed by atoms with van der Waals surface area (Å²) in [6.07, 6.45) is 3.48. The average molecular weight is 435 g/mol. The summed E-state index contributed by atoms with van der Waals surface area (Å²) in [5, 5.41) is 3.08. The van der Waals surface area contributed by atoms with E-state index in [0.717, 1.165) is 54.2 Å². The Bertz CT molecular complexity index is 1100. The third kappa shape index (κ3) is 4.42. The van der Waals surface area contributed by atoms with E-state index in [-0.39, 0.29) is 11.8 Å². The highest BCUT2D eigenvalue weighted by Gasteiger charge is 2.27. The average Bonchev–Trinajstić information content (AvgIpc) is 3.21. The minimum Gasteiger partial charge on any atom is -0.497 e. The maximum Gasteiger partial charge on any atom is 0.223 e. The quantitative estimate of drug-likeness (QED) is 0.547. The Hall–Kier alpha value is -3.48. The van der Waals surface area contributed by atoms with Crippen LogP contribution in [0.5, 0.6) is 11.5 Å². The van der Waals surface area contributed by atoms with E-state index in [4.69, 9.17) is 14.5 Å². The van der Waals surface area contributed by atoms with Crippen LogP contribution in [0.4, 0.5) is 5.95 Å². The molecule has 1 fully saturated rings. The number of aromatic nitrogens is 2. The standard InChI is InChI=1S/C25H30N4O3/c1-4-13-29-22-8-6-5-7-21(22)27-25(29)28-14-11-18(12-15-28)24(30)26-17-19-9-10-20(31-2)16-23(19)32-3/h4-10,16,18H,1,11-15,17H2,2-3H3,(H,26,30). The van der Waals surface area contributed by atoms with Gasteiger partial charge < -0.3 is 24.3 Å². The molecule has 1 amide bonds. The van der Waals surface area contributed by atoms with Crippen LogP contribution in [0.25, 0.3) is 11.0 Å². The largest absolute Gasteiger partial charge is 0.497 e. The highest BCUT2D eigenvalue weighted by Crippen LogP contribution is 2.28. The number of anilines is 1. The summed E-state index contributed by atoms with van der Waals surface area (Å²) >= 11 is 0. The maximum absolute atomic E-state index is 12.8. The first kappa shape index (κ1) is 21.7. The molecule has 2 aromatic carbocycles. The van der Waals surface area contributed by atoms with Gasteiger partial charge in [0.25, 0.3) is 0 Å². The van der Waals surface area contributed by atoms with Crippen LogP contribution in [0.1, 0.15) is 18.4 Å². The van der Waals surface area contributed by atoms with E-state index in [1.807, 2.05) is 42.5 Å². The summed E-state index contributed by atoms with van der Waals surface area (Å²) in [6.45, 7) is 6.63. The van der Waals surface area contributed by atoms with Crippen molar-refractivity contribution >= 4 is 22.9 Å². The Morgan fingerprint density at radius 2 is 1.97 bits per heavy atom. The Kier molecular flexibility index (Phi) is 6.63. The molecule has 0 bridgehead atoms. The van der Waals surface area contributed by atoms with Gasteiger partial charge in [-0.1, -0.05) is 18.2 Å². The number of methoxy groups -OCH3 is 2. The van der Waals surface area contributed by atoms with Gasteiger partial charge in [0.2, 0.25) is 11.9 Å². The summed E-state index contributed by atoms with van der Waals surface area (Å²) in [5.74, 6) is 2.47. The molecule has 2 heterocycles. The van der Waals surface area contributed by atoms with Gasteiger partial charge in [-0.25, -0.2) is 4.98 Å². The number of carbonyl (C=O) groups excluding carboxylic acids is 1. The Balaban J connectivity index is 1.38. The lowest BCUT2D eigenvalue weighted by atomic mass is 9.96. The number of piperidine rings is 1. The van der Waals surface area contributed by atoms with E-state index < -0.39 is 0 Å². The van der Waals surface area contributed by atoms with Gasteiger partial charge in [-0.2, -0.15) is 0 Å². The fraction of sp³-hybridized carbons (Fsp3) is 0.360. The minimum absolute atomic E-state index is 0.00674. The topological polar surface area (TPSA) is 68.6 Å². The third-order valence-electron chi connectivity index (χ3n) is 6.04. The SMILES string of the molecule is C=CCn1c(N2CCC(C(=O)NCc3ccc(OC)cc3OC)CC2)nc2ccccc21. The predicted octanol–water partition coefficient (Wildman–Crippen LogP) is 3.77. The lowest BCUT2D eigenvalue weighted by Crippen LogP contribution is -2.41. The number of fused-ring (bicyclic) bond motifs is 1. The van der Waals surface area contributed by atoms with Crippen molar-refractivity contribution in [3.8, 4) is 11.5 Å². The Morgan fingerprint density at radius 3 is 2.69 bits per heavy atom. The highest BCUT2D eigenvalue weighted by atomic mass is 16.5. The van der Waals surface area contributed by atoms with E-state index in [1.54, 1.807) is 14.2 Å². The van der Waals surface area contributed by atoms with Gasteiger partial charge in [0, 0.05) is 43.7 Å². The molecule has 0 aliphatic carbocycles. The highest BCUT2D eigenvalue weighted by molar-refractivity contribution is 5.80. The second-order valence-corrected chi connectivity index (χ2v) is 7.96. The zero-order valence-electron chi connectivity index (χ0n) is 18.7. The molecule has 1 saturated heterocycles. The molecule has 1 N–H and O–H groups in total. The smallest absolute Gasteiger partial charge is 0.223 e. The van der Waals surface area contributed by atoms with Gasteiger partial charge in [0.15, 0.2) is 0 Å². The van der Waals surface area contributed by atoms with Crippen molar-refractivity contribution < 1.29 is 14.3 Å². The van der Waals surface area contributed by atoms with Crippen LogP contribution < -0.4 is 19.7 Å². The summed E-state index contributed by atoms with van der Waals surface area (Å²) in [4.78, 5) is 19.9. The van der Waals surface area contributed by atoms with Crippen molar-refractivity contribution in [3.05, 3.63) is 60.7 Å². The number of hydrogen-bond acceptors (Lipinski definition) is 5. The van der Waals surface area contributed by atoms with Crippen LogP contribution in [0, 0.1) is 5.92 Å². The third-order valence-corrected chi connectivity index (χ3v) is 6.04. The van der Waals surface area contributed by atoms with Gasteiger partial charge >= 0.3 is 0 Å². The zero-order valence-corrected chi connectivity index (χ0v) is 18.7. The van der Waals surface area contributed by atoms with Gasteiger partial charge in [0.05, 0.1) is 25.3 Å². The van der Waals surface area contributed by atoms with Crippen LogP contribution in [-0.4, -0.2) is 42.8 Å². The van der Waals surface area contributed by atoms with Crippen molar-refractivity contribution in [3.63, 3.8) is 0 Å². The molecule has 0 atom stereocenters. The van der Waals surface area contributed by atoms with Gasteiger partial charge in [-0.3, -0.25) is 4.79 Å². The molecule has 7 heteroatoms. The first-order valence-electron chi connectivity index (χ1n) is 10.9. The molecule has 32 heavy (non-hydrogen) atoms. The number of para-hydroxylation sites is 2. The first-order valence-corrected chi connectivity index (χ1v) is 10.9. The van der Waals surface area contributed by atoms with Crippen molar-refractivity contribution in [2.75, 3.05) is 32.2 Å². The fourth-order valence-corrected chi connectivity index (χ4v) is 4.28. The molecule has 0 radical (unpaired) electrons. The van der Waals surface area contributed by atoms with Crippen molar-refractivity contribution in [2.45, 2.75) is 25.9 Å². The normalized spacial score (nSPS) is 14.4. The molecule has 4 rings (SSSR count). The van der Waals surface area contributed by atoms with Crippen LogP contribution >= 0.6 is 0 Å². The number of nitrogens with zero attached hydrogens (tertiary/aromatic N) is 3. The van der Waals surface area contributed by atoms with E-state index in [0.29, 0.717) is 18.8 Å². The van der Waals surface area contributed by atoms with Gasteiger partial charge in [0.1, 0.15) is 11.5 Å². The molecule has 7 nitrogen and oxygen atoms in total. The molecule has 168 valence electrons. The van der Waals surface area contributed by atoms with Crippen molar-refractivity contribution in [1.29, 1.82) is 0 Å². The fourth-order valence-electron chi connectivity index (χ4n) is 4.28. The number of ether oxygens (including phenoxy) is 2. The van der Waals surface area contributed by atoms with Gasteiger partial charge in [-0.15, -0.1) is 6.58 Å². The molecule has 0 spiro atoms. The molecular weight excluding hydrogens is 404 g/mol. The number of rotatable bonds is 8. The molecule has 3 aromatic rings. The molecule has 0 saturated carbocycles. The van der Waals surface area contributed by atoms with Crippen LogP contribution in [0.3, 0.4) is 0 Å². The van der Waals surface area contributed by atoms with Crippen LogP contribution in [-0.2, 0) is 17.9 Å². The van der Waals surface area contributed by atoms with Gasteiger partial charge in [-0.05, 0) is 37.1 Å². The van der Waals surface area contributed by atoms with E-state index >= 15 is 0 Å². The molecule has 1 aliphatic rings. The first-order chi connectivity index (χ1) is 15.6. The number of hydrogen-bond donors (Lipinski definition) is 1. The van der Waals surface area contributed by atoms with E-state index in [2.05, 4.69) is 27.4 Å². The van der Waals surface area contributed by atoms with E-state index in [1.165, 1.54) is 0 Å². The number of amides is 1. The molecular formula is C25H30N4O3. The zero-order chi connectivity index (χ0) is 22.5. The molecule has 0 unspecified atom stereocenters.